The molecule has 0 fully saturated rings. The van der Waals surface area contributed by atoms with Gasteiger partial charge in [-0.3, -0.25) is 4.79 Å². The van der Waals surface area contributed by atoms with Gasteiger partial charge in [-0.1, -0.05) is 50.6 Å². The molecule has 1 aromatic rings. The largest absolute Gasteiger partial charge is 0.467 e. The van der Waals surface area contributed by atoms with Gasteiger partial charge in [0.1, 0.15) is 24.4 Å². The molecule has 1 rings (SSSR count). The van der Waals surface area contributed by atoms with Crippen LogP contribution in [0, 0.1) is 5.92 Å². The van der Waals surface area contributed by atoms with Crippen LogP contribution in [0.4, 0.5) is 9.59 Å². The summed E-state index contributed by atoms with van der Waals surface area (Å²) in [5.41, 5.74) is 0.0913. The third-order valence-corrected chi connectivity index (χ3v) is 4.83. The van der Waals surface area contributed by atoms with Crippen molar-refractivity contribution in [2.75, 3.05) is 7.11 Å². The number of nitrogens with one attached hydrogen (secondary N) is 3. The summed E-state index contributed by atoms with van der Waals surface area (Å²) in [6.45, 7) is 8.92. The van der Waals surface area contributed by atoms with Crippen LogP contribution in [0.3, 0.4) is 0 Å². The lowest BCUT2D eigenvalue weighted by Crippen LogP contribution is -2.56. The van der Waals surface area contributed by atoms with Gasteiger partial charge in [-0.2, -0.15) is 0 Å². The van der Waals surface area contributed by atoms with Gasteiger partial charge in [0.15, 0.2) is 0 Å². The summed E-state index contributed by atoms with van der Waals surface area (Å²) < 4.78 is 15.3. The number of carbonyl (C=O) groups is 4. The fourth-order valence-corrected chi connectivity index (χ4v) is 2.84. The van der Waals surface area contributed by atoms with Crippen LogP contribution in [0.5, 0.6) is 0 Å². The third kappa shape index (κ3) is 11.5. The Hall–Kier alpha value is -3.30. The number of alkyl carbamates (subject to hydrolysis) is 1. The van der Waals surface area contributed by atoms with Crippen LogP contribution < -0.4 is 16.0 Å². The summed E-state index contributed by atoms with van der Waals surface area (Å²) in [5, 5.41) is 7.68. The van der Waals surface area contributed by atoms with Crippen LogP contribution in [0.2, 0.25) is 0 Å². The highest BCUT2D eigenvalue weighted by Gasteiger charge is 2.28. The topological polar surface area (TPSA) is 132 Å². The standard InChI is InChI=1S/C24H37N3O7/c1-7-16(2)20(21(29)32-6)27-22(30)25-18(26-23(31)34-24(3,4)5)13-14-19(28)33-15-17-11-9-8-10-12-17/h8-12,16,18,20H,7,13-15H2,1-6H3,(H,26,31)(H2,25,27,30)/t16?,18-,20-/m0/s1. The Morgan fingerprint density at radius 1 is 1.00 bits per heavy atom. The monoisotopic (exact) mass is 479 g/mol. The number of esters is 2. The van der Waals surface area contributed by atoms with Gasteiger partial charge in [-0.15, -0.1) is 0 Å². The van der Waals surface area contributed by atoms with Crippen molar-refractivity contribution >= 4 is 24.1 Å². The van der Waals surface area contributed by atoms with Crippen molar-refractivity contribution in [3.63, 3.8) is 0 Å². The number of hydrogen-bond donors (Lipinski definition) is 3. The molecule has 3 N–H and O–H groups in total. The van der Waals surface area contributed by atoms with Crippen LogP contribution in [0.25, 0.3) is 0 Å². The van der Waals surface area contributed by atoms with E-state index in [2.05, 4.69) is 16.0 Å². The van der Waals surface area contributed by atoms with E-state index in [4.69, 9.17) is 14.2 Å². The molecule has 0 bridgehead atoms. The van der Waals surface area contributed by atoms with E-state index in [0.717, 1.165) is 5.56 Å². The van der Waals surface area contributed by atoms with Crippen LogP contribution in [-0.2, 0) is 30.4 Å². The van der Waals surface area contributed by atoms with Crippen LogP contribution in [0.15, 0.2) is 30.3 Å². The zero-order chi connectivity index (χ0) is 25.7. The number of urea groups is 1. The quantitative estimate of drug-likeness (QED) is 0.252. The molecule has 10 heteroatoms. The summed E-state index contributed by atoms with van der Waals surface area (Å²) in [5.74, 6) is -1.25. The Morgan fingerprint density at radius 3 is 2.21 bits per heavy atom. The van der Waals surface area contributed by atoms with Gasteiger partial charge in [0.25, 0.3) is 0 Å². The fourth-order valence-electron chi connectivity index (χ4n) is 2.84. The summed E-state index contributed by atoms with van der Waals surface area (Å²) in [6.07, 6.45) is -1.10. The van der Waals surface area contributed by atoms with E-state index in [0.29, 0.717) is 6.42 Å². The Kier molecular flexibility index (Phi) is 11.9. The summed E-state index contributed by atoms with van der Waals surface area (Å²) >= 11 is 0. The number of rotatable bonds is 11. The van der Waals surface area contributed by atoms with E-state index in [1.54, 1.807) is 27.7 Å². The lowest BCUT2D eigenvalue weighted by atomic mass is 9.99. The fraction of sp³-hybridized carbons (Fsp3) is 0.583. The molecule has 0 aromatic heterocycles. The van der Waals surface area contributed by atoms with Gasteiger partial charge >= 0.3 is 24.1 Å². The van der Waals surface area contributed by atoms with Gasteiger partial charge < -0.3 is 30.2 Å². The Bertz CT molecular complexity index is 809. The molecule has 0 aliphatic carbocycles. The molecule has 10 nitrogen and oxygen atoms in total. The predicted octanol–water partition coefficient (Wildman–Crippen LogP) is 3.25. The van der Waals surface area contributed by atoms with Crippen LogP contribution >= 0.6 is 0 Å². The lowest BCUT2D eigenvalue weighted by Gasteiger charge is -2.26. The third-order valence-electron chi connectivity index (χ3n) is 4.83. The predicted molar refractivity (Wildman–Crippen MR) is 126 cm³/mol. The highest BCUT2D eigenvalue weighted by Crippen LogP contribution is 2.10. The molecule has 190 valence electrons. The SMILES string of the molecule is CCC(C)[C@H](NC(=O)N[C@H](CCC(=O)OCc1ccccc1)NC(=O)OC(C)(C)C)C(=O)OC. The van der Waals surface area contributed by atoms with Crippen molar-refractivity contribution in [2.45, 2.75) is 78.3 Å². The smallest absolute Gasteiger partial charge is 0.409 e. The van der Waals surface area contributed by atoms with E-state index in [1.807, 2.05) is 37.3 Å². The highest BCUT2D eigenvalue weighted by atomic mass is 16.6. The molecule has 0 heterocycles. The number of amides is 3. The first-order chi connectivity index (χ1) is 15.9. The molecule has 1 unspecified atom stereocenters. The van der Waals surface area contributed by atoms with E-state index in [1.165, 1.54) is 7.11 Å². The molecule has 0 spiro atoms. The van der Waals surface area contributed by atoms with Gasteiger partial charge in [0.05, 0.1) is 7.11 Å². The van der Waals surface area contributed by atoms with Crippen molar-refractivity contribution in [2.24, 2.45) is 5.92 Å². The minimum Gasteiger partial charge on any atom is -0.467 e. The number of ether oxygens (including phenoxy) is 3. The summed E-state index contributed by atoms with van der Waals surface area (Å²) in [6, 6.07) is 7.65. The maximum atomic E-state index is 12.6. The lowest BCUT2D eigenvalue weighted by molar-refractivity contribution is -0.145. The maximum Gasteiger partial charge on any atom is 0.409 e. The number of methoxy groups -OCH3 is 1. The highest BCUT2D eigenvalue weighted by molar-refractivity contribution is 5.84. The molecule has 1 aromatic carbocycles. The summed E-state index contributed by atoms with van der Waals surface area (Å²) in [7, 11) is 1.24. The summed E-state index contributed by atoms with van der Waals surface area (Å²) in [4.78, 5) is 49.1. The van der Waals surface area contributed by atoms with Crippen LogP contribution in [-0.4, -0.2) is 49.0 Å². The van der Waals surface area contributed by atoms with Gasteiger partial charge in [-0.25, -0.2) is 14.4 Å². The number of hydrogen-bond acceptors (Lipinski definition) is 7. The van der Waals surface area contributed by atoms with E-state index in [9.17, 15) is 19.2 Å². The van der Waals surface area contributed by atoms with E-state index < -0.39 is 41.9 Å². The zero-order valence-electron chi connectivity index (χ0n) is 20.8. The molecule has 3 amide bonds. The van der Waals surface area contributed by atoms with Gasteiger partial charge in [0, 0.05) is 6.42 Å². The van der Waals surface area contributed by atoms with Gasteiger partial charge in [0.2, 0.25) is 0 Å². The number of carbonyl (C=O) groups excluding carboxylic acids is 4. The average Bonchev–Trinajstić information content (AvgIpc) is 2.78. The minimum absolute atomic E-state index is 0.0481. The van der Waals surface area contributed by atoms with E-state index >= 15 is 0 Å². The Labute approximate surface area is 201 Å². The first-order valence-corrected chi connectivity index (χ1v) is 11.3. The first kappa shape index (κ1) is 28.7. The van der Waals surface area contributed by atoms with Crippen molar-refractivity contribution in [1.82, 2.24) is 16.0 Å². The van der Waals surface area contributed by atoms with Crippen molar-refractivity contribution in [1.29, 1.82) is 0 Å². The molecule has 0 aliphatic rings. The second-order valence-corrected chi connectivity index (χ2v) is 8.89. The molecule has 0 radical (unpaired) electrons. The zero-order valence-corrected chi connectivity index (χ0v) is 20.8. The second-order valence-electron chi connectivity index (χ2n) is 8.89. The Balaban J connectivity index is 2.76. The molecular weight excluding hydrogens is 442 g/mol. The maximum absolute atomic E-state index is 12.6. The molecule has 0 saturated heterocycles. The molecule has 0 aliphatic heterocycles. The second kappa shape index (κ2) is 14.1. The minimum atomic E-state index is -0.950. The van der Waals surface area contributed by atoms with Gasteiger partial charge in [-0.05, 0) is 38.7 Å². The Morgan fingerprint density at radius 2 is 1.65 bits per heavy atom. The molecule has 34 heavy (non-hydrogen) atoms. The van der Waals surface area contributed by atoms with E-state index in [-0.39, 0.29) is 25.4 Å². The van der Waals surface area contributed by atoms with Crippen LogP contribution in [0.1, 0.15) is 59.4 Å². The molecule has 3 atom stereocenters. The average molecular weight is 480 g/mol. The normalized spacial score (nSPS) is 13.6. The first-order valence-electron chi connectivity index (χ1n) is 11.3. The van der Waals surface area contributed by atoms with Crippen molar-refractivity contribution in [3.05, 3.63) is 35.9 Å². The number of benzene rings is 1. The van der Waals surface area contributed by atoms with Crippen molar-refractivity contribution < 1.29 is 33.4 Å². The molecule has 0 saturated carbocycles. The molecular formula is C24H37N3O7. The van der Waals surface area contributed by atoms with Crippen molar-refractivity contribution in [3.8, 4) is 0 Å².